The number of amides is 1. The number of esters is 1. The van der Waals surface area contributed by atoms with Crippen LogP contribution in [-0.4, -0.2) is 41.9 Å². The Labute approximate surface area is 205 Å². The van der Waals surface area contributed by atoms with Crippen molar-refractivity contribution in [2.75, 3.05) is 20.8 Å². The van der Waals surface area contributed by atoms with Gasteiger partial charge in [-0.1, -0.05) is 61.2 Å². The minimum absolute atomic E-state index is 0.270. The van der Waals surface area contributed by atoms with Crippen LogP contribution in [0, 0.1) is 0 Å². The number of benzene rings is 2. The van der Waals surface area contributed by atoms with Crippen molar-refractivity contribution in [1.29, 1.82) is 0 Å². The van der Waals surface area contributed by atoms with E-state index >= 15 is 0 Å². The number of methoxy groups -OCH3 is 2. The molecule has 0 N–H and O–H groups in total. The minimum atomic E-state index is -0.946. The van der Waals surface area contributed by atoms with Gasteiger partial charge in [0.1, 0.15) is 4.32 Å². The Morgan fingerprint density at radius 3 is 2.56 bits per heavy atom. The minimum Gasteiger partial charge on any atom is -0.493 e. The molecule has 1 fully saturated rings. The van der Waals surface area contributed by atoms with Crippen molar-refractivity contribution in [2.45, 2.75) is 19.4 Å². The lowest BCUT2D eigenvalue weighted by Crippen LogP contribution is -2.38. The Hall–Kier alpha value is -2.36. The molecule has 3 rings (SSSR count). The summed E-state index contributed by atoms with van der Waals surface area (Å²) in [6.07, 6.45) is 2.39. The third-order valence-corrected chi connectivity index (χ3v) is 6.54. The van der Waals surface area contributed by atoms with Crippen LogP contribution in [-0.2, 0) is 14.3 Å². The third kappa shape index (κ3) is 5.16. The SMILES string of the molecule is CCCOC(=O)C(c1ccccc1)N1C(=O)/C(=C/c2cc(Br)c(OC)c(OC)c2)SC1=S. The maximum Gasteiger partial charge on any atom is 0.333 e. The molecule has 6 nitrogen and oxygen atoms in total. The summed E-state index contributed by atoms with van der Waals surface area (Å²) in [5, 5.41) is 0. The molecule has 2 aromatic carbocycles. The molecule has 1 amide bonds. The molecule has 0 aliphatic carbocycles. The van der Waals surface area contributed by atoms with E-state index in [1.807, 2.05) is 31.2 Å². The van der Waals surface area contributed by atoms with E-state index in [4.69, 9.17) is 26.4 Å². The zero-order valence-corrected chi connectivity index (χ0v) is 21.0. The van der Waals surface area contributed by atoms with Crippen LogP contribution in [0.1, 0.15) is 30.5 Å². The maximum absolute atomic E-state index is 13.3. The molecular formula is C23H22BrNO5S2. The predicted octanol–water partition coefficient (Wildman–Crippen LogP) is 5.36. The van der Waals surface area contributed by atoms with E-state index in [0.29, 0.717) is 37.2 Å². The molecule has 0 saturated carbocycles. The van der Waals surface area contributed by atoms with Crippen LogP contribution in [0.2, 0.25) is 0 Å². The van der Waals surface area contributed by atoms with E-state index in [1.165, 1.54) is 4.90 Å². The van der Waals surface area contributed by atoms with Gasteiger partial charge < -0.3 is 14.2 Å². The first-order chi connectivity index (χ1) is 15.4. The molecule has 1 aliphatic heterocycles. The van der Waals surface area contributed by atoms with Gasteiger partial charge in [-0.2, -0.15) is 0 Å². The Balaban J connectivity index is 1.98. The zero-order chi connectivity index (χ0) is 23.3. The topological polar surface area (TPSA) is 65.1 Å². The summed E-state index contributed by atoms with van der Waals surface area (Å²) in [5.74, 6) is 0.214. The lowest BCUT2D eigenvalue weighted by molar-refractivity contribution is -0.151. The number of rotatable bonds is 8. The molecule has 32 heavy (non-hydrogen) atoms. The molecule has 1 atom stereocenters. The highest BCUT2D eigenvalue weighted by Gasteiger charge is 2.42. The fourth-order valence-corrected chi connectivity index (χ4v) is 5.12. The molecule has 0 aromatic heterocycles. The van der Waals surface area contributed by atoms with Crippen molar-refractivity contribution in [3.63, 3.8) is 0 Å². The monoisotopic (exact) mass is 535 g/mol. The average Bonchev–Trinajstić information content (AvgIpc) is 3.06. The second kappa shape index (κ2) is 11.0. The van der Waals surface area contributed by atoms with Crippen molar-refractivity contribution in [1.82, 2.24) is 4.90 Å². The van der Waals surface area contributed by atoms with Crippen molar-refractivity contribution in [2.24, 2.45) is 0 Å². The predicted molar refractivity (Wildman–Crippen MR) is 133 cm³/mol. The van der Waals surface area contributed by atoms with E-state index in [1.54, 1.807) is 38.5 Å². The number of halogens is 1. The highest BCUT2D eigenvalue weighted by Crippen LogP contribution is 2.41. The second-order valence-electron chi connectivity index (χ2n) is 6.77. The van der Waals surface area contributed by atoms with Crippen LogP contribution in [0.5, 0.6) is 11.5 Å². The largest absolute Gasteiger partial charge is 0.493 e. The molecule has 1 heterocycles. The fourth-order valence-electron chi connectivity index (χ4n) is 3.18. The summed E-state index contributed by atoms with van der Waals surface area (Å²) in [5.41, 5.74) is 1.36. The number of ether oxygens (including phenoxy) is 3. The lowest BCUT2D eigenvalue weighted by atomic mass is 10.1. The van der Waals surface area contributed by atoms with Gasteiger partial charge in [0.2, 0.25) is 0 Å². The van der Waals surface area contributed by atoms with E-state index in [-0.39, 0.29) is 12.5 Å². The molecule has 9 heteroatoms. The van der Waals surface area contributed by atoms with Crippen molar-refractivity contribution in [3.05, 3.63) is 63.0 Å². The standard InChI is InChI=1S/C23H22BrNO5S2/c1-4-10-30-22(27)19(15-8-6-5-7-9-15)25-21(26)18(32-23(25)31)13-14-11-16(24)20(29-3)17(12-14)28-2/h5-9,11-13,19H,4,10H2,1-3H3/b18-13-. The Kier molecular flexibility index (Phi) is 8.33. The van der Waals surface area contributed by atoms with Crippen molar-refractivity contribution >= 4 is 62.2 Å². The molecule has 0 spiro atoms. The number of hydrogen-bond acceptors (Lipinski definition) is 7. The zero-order valence-electron chi connectivity index (χ0n) is 17.8. The van der Waals surface area contributed by atoms with Crippen LogP contribution in [0.15, 0.2) is 51.8 Å². The number of thioether (sulfide) groups is 1. The molecule has 0 bridgehead atoms. The first kappa shape index (κ1) is 24.3. The van der Waals surface area contributed by atoms with Crippen molar-refractivity contribution in [3.8, 4) is 11.5 Å². The number of hydrogen-bond donors (Lipinski definition) is 0. The van der Waals surface area contributed by atoms with Gasteiger partial charge in [-0.15, -0.1) is 0 Å². The van der Waals surface area contributed by atoms with Crippen LogP contribution in [0.4, 0.5) is 0 Å². The molecule has 1 unspecified atom stereocenters. The van der Waals surface area contributed by atoms with E-state index < -0.39 is 12.0 Å². The normalized spacial score (nSPS) is 15.8. The van der Waals surface area contributed by atoms with Gasteiger partial charge in [-0.05, 0) is 51.7 Å². The molecule has 0 radical (unpaired) electrons. The molecular weight excluding hydrogens is 514 g/mol. The lowest BCUT2D eigenvalue weighted by Gasteiger charge is -2.25. The summed E-state index contributed by atoms with van der Waals surface area (Å²) < 4.78 is 17.1. The first-order valence-electron chi connectivity index (χ1n) is 9.81. The highest BCUT2D eigenvalue weighted by molar-refractivity contribution is 9.10. The van der Waals surface area contributed by atoms with Gasteiger partial charge in [0.05, 0.1) is 30.2 Å². The number of carbonyl (C=O) groups is 2. The molecule has 1 aliphatic rings. The average molecular weight is 536 g/mol. The van der Waals surface area contributed by atoms with Crippen molar-refractivity contribution < 1.29 is 23.8 Å². The van der Waals surface area contributed by atoms with Gasteiger partial charge >= 0.3 is 5.97 Å². The summed E-state index contributed by atoms with van der Waals surface area (Å²) in [6, 6.07) is 11.7. The van der Waals surface area contributed by atoms with Crippen LogP contribution in [0.3, 0.4) is 0 Å². The van der Waals surface area contributed by atoms with E-state index in [0.717, 1.165) is 17.3 Å². The highest BCUT2D eigenvalue weighted by atomic mass is 79.9. The van der Waals surface area contributed by atoms with Crippen LogP contribution < -0.4 is 9.47 Å². The molecule has 168 valence electrons. The fraction of sp³-hybridized carbons (Fsp3) is 0.261. The Bertz CT molecular complexity index is 1060. The Morgan fingerprint density at radius 2 is 1.94 bits per heavy atom. The second-order valence-corrected chi connectivity index (χ2v) is 9.30. The third-order valence-electron chi connectivity index (χ3n) is 4.62. The van der Waals surface area contributed by atoms with Gasteiger partial charge in [0.25, 0.3) is 5.91 Å². The molecule has 2 aromatic rings. The maximum atomic E-state index is 13.3. The van der Waals surface area contributed by atoms with Crippen LogP contribution in [0.25, 0.3) is 6.08 Å². The number of thiocarbonyl (C=S) groups is 1. The summed E-state index contributed by atoms with van der Waals surface area (Å²) in [7, 11) is 3.09. The summed E-state index contributed by atoms with van der Waals surface area (Å²) in [6.45, 7) is 2.18. The van der Waals surface area contributed by atoms with E-state index in [2.05, 4.69) is 15.9 Å². The van der Waals surface area contributed by atoms with Gasteiger partial charge in [0.15, 0.2) is 17.5 Å². The first-order valence-corrected chi connectivity index (χ1v) is 11.8. The number of nitrogens with zero attached hydrogens (tertiary/aromatic N) is 1. The smallest absolute Gasteiger partial charge is 0.333 e. The molecule has 1 saturated heterocycles. The summed E-state index contributed by atoms with van der Waals surface area (Å²) >= 11 is 10.1. The number of carbonyl (C=O) groups excluding carboxylic acids is 2. The van der Waals surface area contributed by atoms with Gasteiger partial charge in [0, 0.05) is 0 Å². The van der Waals surface area contributed by atoms with Gasteiger partial charge in [-0.25, -0.2) is 4.79 Å². The summed E-state index contributed by atoms with van der Waals surface area (Å²) in [4.78, 5) is 28.0. The van der Waals surface area contributed by atoms with Crippen LogP contribution >= 0.6 is 39.9 Å². The van der Waals surface area contributed by atoms with E-state index in [9.17, 15) is 9.59 Å². The van der Waals surface area contributed by atoms with Gasteiger partial charge in [-0.3, -0.25) is 9.69 Å². The Morgan fingerprint density at radius 1 is 1.22 bits per heavy atom. The quantitative estimate of drug-likeness (QED) is 0.256.